The van der Waals surface area contributed by atoms with Gasteiger partial charge in [0.1, 0.15) is 11.3 Å². The SMILES string of the molecule is COc1ccc(-c2nc(C(N)=O)c3c(n2)[nH]c(=O)n3Cc2ccccc2)cc1. The monoisotopic (exact) mass is 375 g/mol. The number of aromatic nitrogens is 4. The van der Waals surface area contributed by atoms with Gasteiger partial charge in [-0.25, -0.2) is 14.8 Å². The Balaban J connectivity index is 1.88. The minimum Gasteiger partial charge on any atom is -0.497 e. The molecule has 3 N–H and O–H groups in total. The summed E-state index contributed by atoms with van der Waals surface area (Å²) in [6.07, 6.45) is 0. The van der Waals surface area contributed by atoms with E-state index < -0.39 is 5.91 Å². The topological polar surface area (TPSA) is 116 Å². The van der Waals surface area contributed by atoms with Gasteiger partial charge in [0.15, 0.2) is 17.2 Å². The molecule has 2 aromatic heterocycles. The number of rotatable bonds is 5. The molecule has 0 bridgehead atoms. The third kappa shape index (κ3) is 3.11. The lowest BCUT2D eigenvalue weighted by Gasteiger charge is -2.08. The van der Waals surface area contributed by atoms with E-state index in [1.165, 1.54) is 4.57 Å². The number of benzene rings is 2. The molecule has 28 heavy (non-hydrogen) atoms. The fourth-order valence-corrected chi connectivity index (χ4v) is 3.03. The van der Waals surface area contributed by atoms with Crippen molar-refractivity contribution in [2.75, 3.05) is 7.11 Å². The number of H-pyrrole nitrogens is 1. The van der Waals surface area contributed by atoms with Crippen LogP contribution >= 0.6 is 0 Å². The van der Waals surface area contributed by atoms with Crippen molar-refractivity contribution in [3.8, 4) is 17.1 Å². The molecule has 4 aromatic rings. The smallest absolute Gasteiger partial charge is 0.328 e. The Morgan fingerprint density at radius 2 is 1.82 bits per heavy atom. The molecule has 0 saturated carbocycles. The van der Waals surface area contributed by atoms with Gasteiger partial charge in [0.05, 0.1) is 13.7 Å². The molecule has 0 aliphatic rings. The number of hydrogen-bond donors (Lipinski definition) is 2. The number of carbonyl (C=O) groups is 1. The van der Waals surface area contributed by atoms with Crippen LogP contribution in [-0.4, -0.2) is 32.5 Å². The van der Waals surface area contributed by atoms with Crippen molar-refractivity contribution in [1.82, 2.24) is 19.5 Å². The summed E-state index contributed by atoms with van der Waals surface area (Å²) < 4.78 is 6.57. The van der Waals surface area contributed by atoms with E-state index in [-0.39, 0.29) is 29.4 Å². The van der Waals surface area contributed by atoms with Crippen LogP contribution in [0.4, 0.5) is 0 Å². The zero-order valence-corrected chi connectivity index (χ0v) is 15.0. The molecule has 140 valence electrons. The van der Waals surface area contributed by atoms with Gasteiger partial charge in [-0.1, -0.05) is 30.3 Å². The fourth-order valence-electron chi connectivity index (χ4n) is 3.03. The molecule has 0 fully saturated rings. The fraction of sp³-hybridized carbons (Fsp3) is 0.100. The normalized spacial score (nSPS) is 10.9. The maximum atomic E-state index is 12.5. The molecule has 1 amide bonds. The van der Waals surface area contributed by atoms with Gasteiger partial charge in [-0.15, -0.1) is 0 Å². The van der Waals surface area contributed by atoms with Gasteiger partial charge >= 0.3 is 5.69 Å². The van der Waals surface area contributed by atoms with E-state index in [1.54, 1.807) is 31.4 Å². The summed E-state index contributed by atoms with van der Waals surface area (Å²) in [6.45, 7) is 0.269. The highest BCUT2D eigenvalue weighted by Gasteiger charge is 2.20. The molecular weight excluding hydrogens is 358 g/mol. The molecule has 0 spiro atoms. The van der Waals surface area contributed by atoms with Crippen LogP contribution in [0.5, 0.6) is 5.75 Å². The van der Waals surface area contributed by atoms with Crippen molar-refractivity contribution in [2.45, 2.75) is 6.54 Å². The van der Waals surface area contributed by atoms with Gasteiger partial charge in [0.2, 0.25) is 0 Å². The number of fused-ring (bicyclic) bond motifs is 1. The van der Waals surface area contributed by atoms with Crippen molar-refractivity contribution in [3.05, 3.63) is 76.3 Å². The largest absolute Gasteiger partial charge is 0.497 e. The van der Waals surface area contributed by atoms with Gasteiger partial charge in [-0.3, -0.25) is 14.3 Å². The van der Waals surface area contributed by atoms with Crippen LogP contribution in [0.15, 0.2) is 59.4 Å². The first-order valence-electron chi connectivity index (χ1n) is 8.55. The van der Waals surface area contributed by atoms with Crippen molar-refractivity contribution < 1.29 is 9.53 Å². The molecule has 2 aromatic carbocycles. The number of nitrogens with two attached hydrogens (primary N) is 1. The number of nitrogens with one attached hydrogen (secondary N) is 1. The number of carbonyl (C=O) groups excluding carboxylic acids is 1. The third-order valence-corrected chi connectivity index (χ3v) is 4.39. The average Bonchev–Trinajstić information content (AvgIpc) is 3.03. The molecule has 0 aliphatic heterocycles. The second-order valence-corrected chi connectivity index (χ2v) is 6.19. The number of aromatic amines is 1. The highest BCUT2D eigenvalue weighted by molar-refractivity contribution is 6.02. The number of hydrogen-bond acceptors (Lipinski definition) is 5. The third-order valence-electron chi connectivity index (χ3n) is 4.39. The van der Waals surface area contributed by atoms with E-state index in [4.69, 9.17) is 10.5 Å². The molecule has 0 aliphatic carbocycles. The van der Waals surface area contributed by atoms with Gasteiger partial charge in [0, 0.05) is 5.56 Å². The Labute approximate surface area is 159 Å². The zero-order valence-electron chi connectivity index (χ0n) is 15.0. The predicted molar refractivity (Wildman–Crippen MR) is 104 cm³/mol. The minimum absolute atomic E-state index is 0.00917. The molecule has 0 unspecified atom stereocenters. The lowest BCUT2D eigenvalue weighted by atomic mass is 10.2. The molecule has 8 heteroatoms. The molecule has 0 saturated heterocycles. The number of imidazole rings is 1. The van der Waals surface area contributed by atoms with E-state index in [0.717, 1.165) is 5.56 Å². The Bertz CT molecular complexity index is 1210. The van der Waals surface area contributed by atoms with Crippen LogP contribution in [-0.2, 0) is 6.54 Å². The van der Waals surface area contributed by atoms with Crippen molar-refractivity contribution >= 4 is 17.1 Å². The summed E-state index contributed by atoms with van der Waals surface area (Å²) in [5.74, 6) is 0.238. The molecule has 0 atom stereocenters. The van der Waals surface area contributed by atoms with Gasteiger partial charge in [0.25, 0.3) is 5.91 Å². The summed E-state index contributed by atoms with van der Waals surface area (Å²) >= 11 is 0. The lowest BCUT2D eigenvalue weighted by molar-refractivity contribution is 0.0997. The quantitative estimate of drug-likeness (QED) is 0.553. The van der Waals surface area contributed by atoms with Crippen molar-refractivity contribution in [1.29, 1.82) is 0 Å². The summed E-state index contributed by atoms with van der Waals surface area (Å²) in [5.41, 5.74) is 7.29. The Morgan fingerprint density at radius 1 is 1.11 bits per heavy atom. The van der Waals surface area contributed by atoms with Crippen LogP contribution in [0.2, 0.25) is 0 Å². The van der Waals surface area contributed by atoms with Crippen LogP contribution in [0.25, 0.3) is 22.6 Å². The summed E-state index contributed by atoms with van der Waals surface area (Å²) in [4.78, 5) is 36.1. The second kappa shape index (κ2) is 6.99. The van der Waals surface area contributed by atoms with Crippen LogP contribution in [0.1, 0.15) is 16.1 Å². The van der Waals surface area contributed by atoms with Crippen LogP contribution in [0, 0.1) is 0 Å². The van der Waals surface area contributed by atoms with Gasteiger partial charge < -0.3 is 10.5 Å². The first kappa shape index (κ1) is 17.5. The van der Waals surface area contributed by atoms with E-state index in [9.17, 15) is 9.59 Å². The maximum Gasteiger partial charge on any atom is 0.328 e. The number of primary amides is 1. The predicted octanol–water partition coefficient (Wildman–Crippen LogP) is 1.94. The van der Waals surface area contributed by atoms with Crippen LogP contribution in [0.3, 0.4) is 0 Å². The summed E-state index contributed by atoms with van der Waals surface area (Å²) in [6, 6.07) is 16.5. The van der Waals surface area contributed by atoms with Gasteiger partial charge in [-0.2, -0.15) is 0 Å². The maximum absolute atomic E-state index is 12.5. The summed E-state index contributed by atoms with van der Waals surface area (Å²) in [7, 11) is 1.57. The highest BCUT2D eigenvalue weighted by Crippen LogP contribution is 2.23. The molecule has 0 radical (unpaired) electrons. The van der Waals surface area contributed by atoms with E-state index >= 15 is 0 Å². The Kier molecular flexibility index (Phi) is 4.36. The molecule has 8 nitrogen and oxygen atoms in total. The molecule has 2 heterocycles. The average molecular weight is 375 g/mol. The Morgan fingerprint density at radius 3 is 2.46 bits per heavy atom. The number of methoxy groups -OCH3 is 1. The van der Waals surface area contributed by atoms with Gasteiger partial charge in [-0.05, 0) is 29.8 Å². The zero-order chi connectivity index (χ0) is 19.7. The highest BCUT2D eigenvalue weighted by atomic mass is 16.5. The van der Waals surface area contributed by atoms with Crippen molar-refractivity contribution in [2.24, 2.45) is 5.73 Å². The number of amides is 1. The summed E-state index contributed by atoms with van der Waals surface area (Å²) in [5, 5.41) is 0. The van der Waals surface area contributed by atoms with Crippen LogP contribution < -0.4 is 16.2 Å². The van der Waals surface area contributed by atoms with E-state index in [0.29, 0.717) is 16.8 Å². The first-order valence-corrected chi connectivity index (χ1v) is 8.55. The minimum atomic E-state index is -0.733. The van der Waals surface area contributed by atoms with Crippen molar-refractivity contribution in [3.63, 3.8) is 0 Å². The second-order valence-electron chi connectivity index (χ2n) is 6.19. The molecule has 4 rings (SSSR count). The molecular formula is C20H17N5O3. The standard InChI is InChI=1S/C20H17N5O3/c1-28-14-9-7-13(8-10-14)18-22-15(17(21)26)16-19(23-18)24-20(27)25(16)11-12-5-3-2-4-6-12/h2-10H,11H2,1H3,(H2,21,26)(H,22,23,24,27). The lowest BCUT2D eigenvalue weighted by Crippen LogP contribution is -2.21. The first-order chi connectivity index (χ1) is 13.6. The number of nitrogens with zero attached hydrogens (tertiary/aromatic N) is 3. The van der Waals surface area contributed by atoms with E-state index in [2.05, 4.69) is 15.0 Å². The number of ether oxygens (including phenoxy) is 1. The van der Waals surface area contributed by atoms with E-state index in [1.807, 2.05) is 30.3 Å². The Hall–Kier alpha value is -3.94.